The van der Waals surface area contributed by atoms with E-state index in [0.29, 0.717) is 32.7 Å². The molecule has 2 saturated heterocycles. The molecular formula is C20H32N6O6. The third-order valence-electron chi connectivity index (χ3n) is 5.57. The molecule has 3 heterocycles. The molecule has 0 radical (unpaired) electrons. The van der Waals surface area contributed by atoms with Gasteiger partial charge in [0.2, 0.25) is 11.8 Å². The van der Waals surface area contributed by atoms with Gasteiger partial charge in [-0.25, -0.2) is 4.79 Å². The lowest BCUT2D eigenvalue weighted by Crippen LogP contribution is -2.45. The number of hydrogen-bond acceptors (Lipinski definition) is 7. The van der Waals surface area contributed by atoms with Crippen molar-refractivity contribution in [1.82, 2.24) is 30.2 Å². The van der Waals surface area contributed by atoms with Crippen LogP contribution < -0.4 is 10.6 Å². The van der Waals surface area contributed by atoms with E-state index < -0.39 is 6.09 Å². The first-order valence-electron chi connectivity index (χ1n) is 10.7. The molecule has 0 saturated carbocycles. The quantitative estimate of drug-likeness (QED) is 0.318. The van der Waals surface area contributed by atoms with E-state index in [1.54, 1.807) is 6.20 Å². The SMILES string of the molecule is CN1[C@@H](CC(=O)NCCCn2cccn2)CC[C@H]1CNC(=O)CN1CCOC1=O.O=CO. The van der Waals surface area contributed by atoms with Crippen LogP contribution in [0.25, 0.3) is 0 Å². The molecule has 2 atom stereocenters. The van der Waals surface area contributed by atoms with Gasteiger partial charge in [0.1, 0.15) is 13.2 Å². The maximum Gasteiger partial charge on any atom is 0.410 e. The van der Waals surface area contributed by atoms with Crippen molar-refractivity contribution in [2.75, 3.05) is 39.8 Å². The topological polar surface area (TPSA) is 146 Å². The maximum absolute atomic E-state index is 12.2. The van der Waals surface area contributed by atoms with Crippen molar-refractivity contribution in [1.29, 1.82) is 0 Å². The summed E-state index contributed by atoms with van der Waals surface area (Å²) in [7, 11) is 2.00. The molecular weight excluding hydrogens is 420 g/mol. The summed E-state index contributed by atoms with van der Waals surface area (Å²) in [4.78, 5) is 47.6. The summed E-state index contributed by atoms with van der Waals surface area (Å²) in [5.41, 5.74) is 0. The smallest absolute Gasteiger partial charge is 0.410 e. The number of rotatable bonds is 10. The minimum Gasteiger partial charge on any atom is -0.483 e. The molecule has 1 aromatic heterocycles. The summed E-state index contributed by atoms with van der Waals surface area (Å²) >= 11 is 0. The van der Waals surface area contributed by atoms with Gasteiger partial charge < -0.3 is 20.5 Å². The van der Waals surface area contributed by atoms with Crippen LogP contribution in [0.3, 0.4) is 0 Å². The van der Waals surface area contributed by atoms with E-state index >= 15 is 0 Å². The third kappa shape index (κ3) is 8.17. The zero-order chi connectivity index (χ0) is 23.3. The molecule has 0 bridgehead atoms. The van der Waals surface area contributed by atoms with E-state index in [0.717, 1.165) is 25.8 Å². The molecule has 0 aromatic carbocycles. The average Bonchev–Trinajstić information content (AvgIpc) is 3.49. The molecule has 178 valence electrons. The highest BCUT2D eigenvalue weighted by molar-refractivity contribution is 5.82. The summed E-state index contributed by atoms with van der Waals surface area (Å²) in [6.45, 7) is 2.50. The van der Waals surface area contributed by atoms with Gasteiger partial charge in [-0.2, -0.15) is 5.10 Å². The fourth-order valence-electron chi connectivity index (χ4n) is 3.80. The minimum absolute atomic E-state index is 0.0274. The summed E-state index contributed by atoms with van der Waals surface area (Å²) in [5, 5.41) is 16.9. The average molecular weight is 453 g/mol. The van der Waals surface area contributed by atoms with Crippen molar-refractivity contribution < 1.29 is 29.0 Å². The van der Waals surface area contributed by atoms with Crippen LogP contribution in [0.2, 0.25) is 0 Å². The number of likely N-dealkylation sites (N-methyl/N-ethyl adjacent to an activating group) is 1. The van der Waals surface area contributed by atoms with Crippen LogP contribution in [-0.2, 0) is 25.7 Å². The number of nitrogens with zero attached hydrogens (tertiary/aromatic N) is 4. The second-order valence-electron chi connectivity index (χ2n) is 7.67. The van der Waals surface area contributed by atoms with Crippen molar-refractivity contribution in [3.05, 3.63) is 18.5 Å². The Morgan fingerprint density at radius 1 is 1.28 bits per heavy atom. The predicted molar refractivity (Wildman–Crippen MR) is 114 cm³/mol. The van der Waals surface area contributed by atoms with Gasteiger partial charge in [-0.1, -0.05) is 0 Å². The van der Waals surface area contributed by atoms with E-state index in [1.165, 1.54) is 4.90 Å². The molecule has 0 aliphatic carbocycles. The Labute approximate surface area is 186 Å². The van der Waals surface area contributed by atoms with E-state index in [1.807, 2.05) is 24.0 Å². The van der Waals surface area contributed by atoms with Gasteiger partial charge in [0.15, 0.2) is 0 Å². The van der Waals surface area contributed by atoms with Gasteiger partial charge >= 0.3 is 6.09 Å². The maximum atomic E-state index is 12.2. The van der Waals surface area contributed by atoms with Crippen LogP contribution in [0.15, 0.2) is 18.5 Å². The lowest BCUT2D eigenvalue weighted by atomic mass is 10.1. The lowest BCUT2D eigenvalue weighted by molar-refractivity contribution is -0.123. The molecule has 32 heavy (non-hydrogen) atoms. The van der Waals surface area contributed by atoms with E-state index in [4.69, 9.17) is 14.6 Å². The summed E-state index contributed by atoms with van der Waals surface area (Å²) < 4.78 is 6.67. The number of aryl methyl sites for hydroxylation is 1. The van der Waals surface area contributed by atoms with Gasteiger partial charge in [0.05, 0.1) is 6.54 Å². The Kier molecular flexibility index (Phi) is 10.4. The van der Waals surface area contributed by atoms with Crippen LogP contribution in [0, 0.1) is 0 Å². The number of aromatic nitrogens is 2. The highest BCUT2D eigenvalue weighted by Crippen LogP contribution is 2.24. The van der Waals surface area contributed by atoms with Crippen LogP contribution in [0.4, 0.5) is 4.79 Å². The molecule has 0 spiro atoms. The number of amides is 3. The minimum atomic E-state index is -0.436. The predicted octanol–water partition coefficient (Wildman–Crippen LogP) is -0.488. The van der Waals surface area contributed by atoms with Gasteiger partial charge in [0.25, 0.3) is 6.47 Å². The highest BCUT2D eigenvalue weighted by atomic mass is 16.6. The summed E-state index contributed by atoms with van der Waals surface area (Å²) in [6, 6.07) is 2.26. The molecule has 3 rings (SSSR count). The van der Waals surface area contributed by atoms with Crippen LogP contribution in [0.1, 0.15) is 25.7 Å². The van der Waals surface area contributed by atoms with E-state index in [-0.39, 0.29) is 36.9 Å². The summed E-state index contributed by atoms with van der Waals surface area (Å²) in [6.07, 6.45) is 6.37. The van der Waals surface area contributed by atoms with Gasteiger partial charge in [-0.05, 0) is 32.4 Å². The molecule has 2 fully saturated rings. The van der Waals surface area contributed by atoms with Crippen molar-refractivity contribution in [3.8, 4) is 0 Å². The van der Waals surface area contributed by atoms with E-state index in [2.05, 4.69) is 20.6 Å². The van der Waals surface area contributed by atoms with Gasteiger partial charge in [0, 0.05) is 50.5 Å². The largest absolute Gasteiger partial charge is 0.483 e. The van der Waals surface area contributed by atoms with Crippen molar-refractivity contribution >= 4 is 24.4 Å². The van der Waals surface area contributed by atoms with Gasteiger partial charge in [-0.15, -0.1) is 0 Å². The molecule has 1 aromatic rings. The number of hydrogen-bond donors (Lipinski definition) is 3. The Morgan fingerprint density at radius 3 is 2.69 bits per heavy atom. The first kappa shape index (κ1) is 25.1. The number of cyclic esters (lactones) is 1. The second kappa shape index (κ2) is 13.3. The molecule has 2 aliphatic rings. The van der Waals surface area contributed by atoms with Crippen molar-refractivity contribution in [2.24, 2.45) is 0 Å². The van der Waals surface area contributed by atoms with Crippen LogP contribution in [0.5, 0.6) is 0 Å². The zero-order valence-electron chi connectivity index (χ0n) is 18.3. The molecule has 3 N–H and O–H groups in total. The zero-order valence-corrected chi connectivity index (χ0v) is 18.3. The Morgan fingerprint density at radius 2 is 2.03 bits per heavy atom. The standard InChI is InChI=1S/C19H30N6O4.CH2O2/c1-23-15(12-17(26)20-6-2-8-25-9-3-7-22-25)4-5-16(23)13-21-18(27)14-24-10-11-29-19(24)28;2-1-3/h3,7,9,15-16H,2,4-6,8,10-14H2,1H3,(H,20,26)(H,21,27);1H,(H,2,3)/t15-,16+;/m1./s1. The first-order chi connectivity index (χ1) is 15.4. The normalized spacial score (nSPS) is 20.3. The lowest BCUT2D eigenvalue weighted by Gasteiger charge is -2.26. The highest BCUT2D eigenvalue weighted by Gasteiger charge is 2.32. The second-order valence-corrected chi connectivity index (χ2v) is 7.67. The number of carbonyl (C=O) groups is 4. The number of likely N-dealkylation sites (tertiary alicyclic amines) is 1. The number of nitrogens with one attached hydrogen (secondary N) is 2. The molecule has 12 heteroatoms. The molecule has 2 aliphatic heterocycles. The Balaban J connectivity index is 0.00000114. The van der Waals surface area contributed by atoms with Crippen molar-refractivity contribution in [3.63, 3.8) is 0 Å². The van der Waals surface area contributed by atoms with Gasteiger partial charge in [-0.3, -0.25) is 28.9 Å². The monoisotopic (exact) mass is 452 g/mol. The number of ether oxygens (including phenoxy) is 1. The van der Waals surface area contributed by atoms with Crippen LogP contribution >= 0.6 is 0 Å². The molecule has 12 nitrogen and oxygen atoms in total. The fourth-order valence-corrected chi connectivity index (χ4v) is 3.80. The number of carbonyl (C=O) groups excluding carboxylic acids is 3. The fraction of sp³-hybridized carbons (Fsp3) is 0.650. The first-order valence-corrected chi connectivity index (χ1v) is 10.7. The Hall–Kier alpha value is -3.15. The summed E-state index contributed by atoms with van der Waals surface area (Å²) in [5.74, 6) is -0.129. The molecule has 0 unspecified atom stereocenters. The third-order valence-corrected chi connectivity index (χ3v) is 5.57. The number of carboxylic acid groups (broad SMARTS) is 1. The molecule has 3 amide bonds. The Bertz CT molecular complexity index is 743. The van der Waals surface area contributed by atoms with E-state index in [9.17, 15) is 14.4 Å². The van der Waals surface area contributed by atoms with Crippen molar-refractivity contribution in [2.45, 2.75) is 44.3 Å². The van der Waals surface area contributed by atoms with Crippen LogP contribution in [-0.4, -0.2) is 101 Å².